The number of carboxylic acid groups (broad SMARTS) is 1. The zero-order valence-corrected chi connectivity index (χ0v) is 11.2. The summed E-state index contributed by atoms with van der Waals surface area (Å²) < 4.78 is 41.0. The lowest BCUT2D eigenvalue weighted by atomic mass is 10.2. The molecule has 0 atom stereocenters. The standard InChI is InChI=1S/C12H15FO5S/c1-2-4-19(16,17)5-3-18-11-7-9(12(14)15)6-10(13)8-11/h6-8H,2-5H2,1H3,(H,14,15). The van der Waals surface area contributed by atoms with Crippen LogP contribution in [0.25, 0.3) is 0 Å². The zero-order chi connectivity index (χ0) is 14.5. The molecule has 0 saturated carbocycles. The van der Waals surface area contributed by atoms with Gasteiger partial charge in [0.25, 0.3) is 0 Å². The van der Waals surface area contributed by atoms with Crippen LogP contribution in [-0.4, -0.2) is 37.6 Å². The highest BCUT2D eigenvalue weighted by Gasteiger charge is 2.11. The van der Waals surface area contributed by atoms with Gasteiger partial charge in [0, 0.05) is 6.07 Å². The summed E-state index contributed by atoms with van der Waals surface area (Å²) in [5.74, 6) is -2.13. The Morgan fingerprint density at radius 2 is 2.00 bits per heavy atom. The highest BCUT2D eigenvalue weighted by atomic mass is 32.2. The summed E-state index contributed by atoms with van der Waals surface area (Å²) in [5.41, 5.74) is -0.244. The van der Waals surface area contributed by atoms with E-state index in [0.29, 0.717) is 6.42 Å². The summed E-state index contributed by atoms with van der Waals surface area (Å²) in [7, 11) is -3.17. The molecule has 0 bridgehead atoms. The molecule has 0 saturated heterocycles. The first-order chi connectivity index (χ1) is 8.84. The van der Waals surface area contributed by atoms with Crippen LogP contribution in [0.4, 0.5) is 4.39 Å². The third kappa shape index (κ3) is 5.25. The molecule has 19 heavy (non-hydrogen) atoms. The number of carbonyl (C=O) groups is 1. The van der Waals surface area contributed by atoms with Gasteiger partial charge in [-0.1, -0.05) is 6.92 Å². The number of sulfone groups is 1. The minimum Gasteiger partial charge on any atom is -0.492 e. The van der Waals surface area contributed by atoms with Gasteiger partial charge in [0.2, 0.25) is 0 Å². The van der Waals surface area contributed by atoms with Crippen LogP contribution in [-0.2, 0) is 9.84 Å². The lowest BCUT2D eigenvalue weighted by molar-refractivity contribution is 0.0695. The Bertz CT molecular complexity index is 553. The molecule has 0 aliphatic carbocycles. The van der Waals surface area contributed by atoms with E-state index in [1.807, 2.05) is 0 Å². The number of aromatic carboxylic acids is 1. The van der Waals surface area contributed by atoms with Gasteiger partial charge in [-0.05, 0) is 18.6 Å². The molecule has 5 nitrogen and oxygen atoms in total. The second-order valence-corrected chi connectivity index (χ2v) is 6.28. The van der Waals surface area contributed by atoms with Crippen LogP contribution < -0.4 is 4.74 Å². The van der Waals surface area contributed by atoms with E-state index in [0.717, 1.165) is 18.2 Å². The Kier molecular flexibility index (Phi) is 5.29. The second-order valence-electron chi connectivity index (χ2n) is 3.98. The maximum atomic E-state index is 13.1. The van der Waals surface area contributed by atoms with Gasteiger partial charge in [0.1, 0.15) is 18.2 Å². The maximum Gasteiger partial charge on any atom is 0.335 e. The van der Waals surface area contributed by atoms with Crippen molar-refractivity contribution >= 4 is 15.8 Å². The molecule has 7 heteroatoms. The highest BCUT2D eigenvalue weighted by Crippen LogP contribution is 2.16. The molecule has 1 aromatic rings. The fourth-order valence-electron chi connectivity index (χ4n) is 1.47. The molecule has 1 N–H and O–H groups in total. The Hall–Kier alpha value is -1.63. The first-order valence-electron chi connectivity index (χ1n) is 5.71. The fourth-order valence-corrected chi connectivity index (χ4v) is 2.63. The third-order valence-corrected chi connectivity index (χ3v) is 4.12. The smallest absolute Gasteiger partial charge is 0.335 e. The maximum absolute atomic E-state index is 13.1. The average Bonchev–Trinajstić information content (AvgIpc) is 2.27. The number of benzene rings is 1. The summed E-state index contributed by atoms with van der Waals surface area (Å²) >= 11 is 0. The molecule has 106 valence electrons. The molecule has 0 aliphatic heterocycles. The molecular weight excluding hydrogens is 275 g/mol. The van der Waals surface area contributed by atoms with E-state index in [4.69, 9.17) is 9.84 Å². The minimum absolute atomic E-state index is 0.00379. The van der Waals surface area contributed by atoms with Crippen LogP contribution >= 0.6 is 0 Å². The molecule has 0 spiro atoms. The number of hydrogen-bond donors (Lipinski definition) is 1. The summed E-state index contributed by atoms with van der Waals surface area (Å²) in [6.07, 6.45) is 0.519. The van der Waals surface area contributed by atoms with Crippen LogP contribution in [0.2, 0.25) is 0 Å². The zero-order valence-electron chi connectivity index (χ0n) is 10.4. The van der Waals surface area contributed by atoms with Crippen LogP contribution in [0.15, 0.2) is 18.2 Å². The van der Waals surface area contributed by atoms with Gasteiger partial charge in [-0.15, -0.1) is 0 Å². The number of ether oxygens (including phenoxy) is 1. The monoisotopic (exact) mass is 290 g/mol. The predicted octanol–water partition coefficient (Wildman–Crippen LogP) is 1.73. The van der Waals surface area contributed by atoms with Gasteiger partial charge in [-0.3, -0.25) is 0 Å². The Morgan fingerprint density at radius 3 is 2.58 bits per heavy atom. The first kappa shape index (κ1) is 15.4. The molecule has 1 rings (SSSR count). The van der Waals surface area contributed by atoms with E-state index in [9.17, 15) is 17.6 Å². The largest absolute Gasteiger partial charge is 0.492 e. The van der Waals surface area contributed by atoms with Crippen molar-refractivity contribution in [2.75, 3.05) is 18.1 Å². The van der Waals surface area contributed by atoms with Gasteiger partial charge < -0.3 is 9.84 Å². The minimum atomic E-state index is -3.17. The van der Waals surface area contributed by atoms with Crippen molar-refractivity contribution < 1.29 is 27.4 Å². The summed E-state index contributed by atoms with van der Waals surface area (Å²) in [6, 6.07) is 3.03. The molecule has 0 unspecified atom stereocenters. The second kappa shape index (κ2) is 6.51. The number of halogens is 1. The van der Waals surface area contributed by atoms with Gasteiger partial charge in [0.05, 0.1) is 17.1 Å². The molecule has 0 aromatic heterocycles. The normalized spacial score (nSPS) is 11.3. The van der Waals surface area contributed by atoms with Crippen molar-refractivity contribution in [3.05, 3.63) is 29.6 Å². The van der Waals surface area contributed by atoms with Gasteiger partial charge >= 0.3 is 5.97 Å². The molecule has 0 fully saturated rings. The Balaban J connectivity index is 2.66. The lowest BCUT2D eigenvalue weighted by Gasteiger charge is -2.07. The lowest BCUT2D eigenvalue weighted by Crippen LogP contribution is -2.16. The van der Waals surface area contributed by atoms with E-state index in [1.165, 1.54) is 0 Å². The topological polar surface area (TPSA) is 80.7 Å². The van der Waals surface area contributed by atoms with E-state index < -0.39 is 21.6 Å². The number of rotatable bonds is 7. The van der Waals surface area contributed by atoms with Gasteiger partial charge in [-0.2, -0.15) is 0 Å². The van der Waals surface area contributed by atoms with Crippen molar-refractivity contribution in [1.82, 2.24) is 0 Å². The Morgan fingerprint density at radius 1 is 1.32 bits per heavy atom. The highest BCUT2D eigenvalue weighted by molar-refractivity contribution is 7.91. The van der Waals surface area contributed by atoms with Gasteiger partial charge in [-0.25, -0.2) is 17.6 Å². The van der Waals surface area contributed by atoms with E-state index in [-0.39, 0.29) is 29.4 Å². The van der Waals surface area contributed by atoms with E-state index in [2.05, 4.69) is 0 Å². The van der Waals surface area contributed by atoms with E-state index in [1.54, 1.807) is 6.92 Å². The molecular formula is C12H15FO5S. The van der Waals surface area contributed by atoms with Crippen molar-refractivity contribution in [3.63, 3.8) is 0 Å². The third-order valence-electron chi connectivity index (χ3n) is 2.30. The van der Waals surface area contributed by atoms with Crippen LogP contribution in [0, 0.1) is 5.82 Å². The summed E-state index contributed by atoms with van der Waals surface area (Å²) in [4.78, 5) is 10.7. The Labute approximate surface area is 110 Å². The molecule has 0 aliphatic rings. The number of hydrogen-bond acceptors (Lipinski definition) is 4. The summed E-state index contributed by atoms with van der Waals surface area (Å²) in [5, 5.41) is 8.74. The SMILES string of the molecule is CCCS(=O)(=O)CCOc1cc(F)cc(C(=O)O)c1. The van der Waals surface area contributed by atoms with Crippen LogP contribution in [0.3, 0.4) is 0 Å². The quantitative estimate of drug-likeness (QED) is 0.827. The van der Waals surface area contributed by atoms with Crippen molar-refractivity contribution in [2.24, 2.45) is 0 Å². The first-order valence-corrected chi connectivity index (χ1v) is 7.53. The van der Waals surface area contributed by atoms with Crippen molar-refractivity contribution in [3.8, 4) is 5.75 Å². The van der Waals surface area contributed by atoms with Crippen molar-refractivity contribution in [2.45, 2.75) is 13.3 Å². The molecule has 1 aromatic carbocycles. The molecule has 0 radical (unpaired) electrons. The predicted molar refractivity (Wildman–Crippen MR) is 67.8 cm³/mol. The van der Waals surface area contributed by atoms with Crippen LogP contribution in [0.5, 0.6) is 5.75 Å². The summed E-state index contributed by atoms with van der Waals surface area (Å²) in [6.45, 7) is 1.62. The molecule has 0 amide bonds. The fraction of sp³-hybridized carbons (Fsp3) is 0.417. The van der Waals surface area contributed by atoms with E-state index >= 15 is 0 Å². The van der Waals surface area contributed by atoms with Crippen molar-refractivity contribution in [1.29, 1.82) is 0 Å². The van der Waals surface area contributed by atoms with Crippen LogP contribution in [0.1, 0.15) is 23.7 Å². The average molecular weight is 290 g/mol. The van der Waals surface area contributed by atoms with Gasteiger partial charge in [0.15, 0.2) is 9.84 Å². The molecule has 0 heterocycles. The number of carboxylic acids is 1.